The lowest BCUT2D eigenvalue weighted by atomic mass is 9.98. The SMILES string of the molecule is Cc1cc([C@@H]2CCCCN2Cc2ccc3ccn(C)c3c2)no1. The first-order chi connectivity index (χ1) is 11.2. The van der Waals surface area contributed by atoms with Gasteiger partial charge in [0.25, 0.3) is 0 Å². The van der Waals surface area contributed by atoms with E-state index in [1.165, 1.54) is 35.7 Å². The van der Waals surface area contributed by atoms with Gasteiger partial charge >= 0.3 is 0 Å². The normalized spacial score (nSPS) is 19.5. The summed E-state index contributed by atoms with van der Waals surface area (Å²) in [6.45, 7) is 4.06. The second kappa shape index (κ2) is 5.85. The first-order valence-corrected chi connectivity index (χ1v) is 8.42. The Balaban J connectivity index is 1.60. The highest BCUT2D eigenvalue weighted by Crippen LogP contribution is 2.32. The third kappa shape index (κ3) is 2.79. The Morgan fingerprint density at radius 1 is 1.22 bits per heavy atom. The molecule has 0 saturated carbocycles. The Bertz CT molecular complexity index is 817. The van der Waals surface area contributed by atoms with Gasteiger partial charge in [-0.2, -0.15) is 0 Å². The Labute approximate surface area is 136 Å². The van der Waals surface area contributed by atoms with Crippen molar-refractivity contribution < 1.29 is 4.52 Å². The third-order valence-corrected chi connectivity index (χ3v) is 4.94. The van der Waals surface area contributed by atoms with Gasteiger partial charge in [-0.25, -0.2) is 0 Å². The standard InChI is InChI=1S/C19H23N3O/c1-14-11-17(20-23-14)18-5-3-4-9-22(18)13-15-6-7-16-8-10-21(2)19(16)12-15/h6-8,10-12,18H,3-5,9,13H2,1-2H3/t18-/m0/s1. The highest BCUT2D eigenvalue weighted by atomic mass is 16.5. The molecule has 1 aliphatic rings. The molecule has 4 heteroatoms. The van der Waals surface area contributed by atoms with E-state index in [1.807, 2.05) is 6.92 Å². The number of aryl methyl sites for hydroxylation is 2. The molecular formula is C19H23N3O. The zero-order valence-electron chi connectivity index (χ0n) is 13.8. The second-order valence-electron chi connectivity index (χ2n) is 6.66. The number of aromatic nitrogens is 2. The van der Waals surface area contributed by atoms with Crippen LogP contribution in [-0.2, 0) is 13.6 Å². The molecule has 1 aromatic carbocycles. The van der Waals surface area contributed by atoms with Gasteiger partial charge in [0.15, 0.2) is 0 Å². The van der Waals surface area contributed by atoms with Crippen LogP contribution in [0, 0.1) is 6.92 Å². The van der Waals surface area contributed by atoms with E-state index in [9.17, 15) is 0 Å². The van der Waals surface area contributed by atoms with E-state index < -0.39 is 0 Å². The molecule has 23 heavy (non-hydrogen) atoms. The lowest BCUT2D eigenvalue weighted by Crippen LogP contribution is -2.33. The Hall–Kier alpha value is -2.07. The van der Waals surface area contributed by atoms with Crippen LogP contribution in [0.1, 0.15) is 42.3 Å². The van der Waals surface area contributed by atoms with Crippen LogP contribution in [0.25, 0.3) is 10.9 Å². The van der Waals surface area contributed by atoms with Crippen LogP contribution in [0.15, 0.2) is 41.1 Å². The quantitative estimate of drug-likeness (QED) is 0.727. The van der Waals surface area contributed by atoms with Gasteiger partial charge in [0, 0.05) is 31.4 Å². The minimum absolute atomic E-state index is 0.380. The van der Waals surface area contributed by atoms with Crippen LogP contribution in [-0.4, -0.2) is 21.2 Å². The Morgan fingerprint density at radius 3 is 2.96 bits per heavy atom. The lowest BCUT2D eigenvalue weighted by molar-refractivity contribution is 0.134. The van der Waals surface area contributed by atoms with E-state index in [0.29, 0.717) is 6.04 Å². The van der Waals surface area contributed by atoms with Gasteiger partial charge in [-0.15, -0.1) is 0 Å². The van der Waals surface area contributed by atoms with E-state index in [1.54, 1.807) is 0 Å². The van der Waals surface area contributed by atoms with Gasteiger partial charge in [-0.05, 0) is 49.4 Å². The van der Waals surface area contributed by atoms with Gasteiger partial charge in [0.1, 0.15) is 11.5 Å². The monoisotopic (exact) mass is 309 g/mol. The lowest BCUT2D eigenvalue weighted by Gasteiger charge is -2.34. The maximum atomic E-state index is 5.30. The van der Waals surface area contributed by atoms with Crippen molar-refractivity contribution in [2.24, 2.45) is 7.05 Å². The summed E-state index contributed by atoms with van der Waals surface area (Å²) in [6.07, 6.45) is 5.82. The van der Waals surface area contributed by atoms with Gasteiger partial charge in [0.2, 0.25) is 0 Å². The topological polar surface area (TPSA) is 34.2 Å². The molecule has 3 heterocycles. The summed E-state index contributed by atoms with van der Waals surface area (Å²) >= 11 is 0. The molecule has 1 aliphatic heterocycles. The molecule has 0 N–H and O–H groups in total. The van der Waals surface area contributed by atoms with E-state index in [-0.39, 0.29) is 0 Å². The molecule has 1 saturated heterocycles. The molecule has 4 nitrogen and oxygen atoms in total. The number of hydrogen-bond acceptors (Lipinski definition) is 3. The predicted molar refractivity (Wildman–Crippen MR) is 91.2 cm³/mol. The molecule has 2 aromatic heterocycles. The van der Waals surface area contributed by atoms with Gasteiger partial charge in [-0.1, -0.05) is 23.7 Å². The summed E-state index contributed by atoms with van der Waals surface area (Å²) in [6, 6.07) is 11.4. The summed E-state index contributed by atoms with van der Waals surface area (Å²) in [7, 11) is 2.11. The van der Waals surface area contributed by atoms with E-state index >= 15 is 0 Å². The summed E-state index contributed by atoms with van der Waals surface area (Å²) in [4.78, 5) is 2.55. The maximum absolute atomic E-state index is 5.30. The summed E-state index contributed by atoms with van der Waals surface area (Å²) in [5.41, 5.74) is 3.75. The Kier molecular flexibility index (Phi) is 3.69. The molecule has 0 bridgehead atoms. The van der Waals surface area contributed by atoms with E-state index in [2.05, 4.69) is 58.2 Å². The fourth-order valence-corrected chi connectivity index (χ4v) is 3.70. The second-order valence-corrected chi connectivity index (χ2v) is 6.66. The number of hydrogen-bond donors (Lipinski definition) is 0. The molecule has 1 atom stereocenters. The average Bonchev–Trinajstić information content (AvgIpc) is 3.15. The highest BCUT2D eigenvalue weighted by Gasteiger charge is 2.26. The van der Waals surface area contributed by atoms with Gasteiger partial charge < -0.3 is 9.09 Å². The molecule has 3 aromatic rings. The first-order valence-electron chi connectivity index (χ1n) is 8.42. The van der Waals surface area contributed by atoms with Crippen LogP contribution in [0.5, 0.6) is 0 Å². The van der Waals surface area contributed by atoms with Gasteiger partial charge in [0.05, 0.1) is 6.04 Å². The minimum atomic E-state index is 0.380. The van der Waals surface area contributed by atoms with Crippen LogP contribution in [0.2, 0.25) is 0 Å². The maximum Gasteiger partial charge on any atom is 0.133 e. The minimum Gasteiger partial charge on any atom is -0.361 e. The number of likely N-dealkylation sites (tertiary alicyclic amines) is 1. The summed E-state index contributed by atoms with van der Waals surface area (Å²) in [5.74, 6) is 0.899. The van der Waals surface area contributed by atoms with Crippen LogP contribution < -0.4 is 0 Å². The zero-order valence-corrected chi connectivity index (χ0v) is 13.8. The number of piperidine rings is 1. The smallest absolute Gasteiger partial charge is 0.133 e. The largest absolute Gasteiger partial charge is 0.361 e. The Morgan fingerprint density at radius 2 is 2.13 bits per heavy atom. The number of fused-ring (bicyclic) bond motifs is 1. The van der Waals surface area contributed by atoms with Crippen molar-refractivity contribution in [1.29, 1.82) is 0 Å². The molecule has 0 unspecified atom stereocenters. The van der Waals surface area contributed by atoms with Crippen molar-refractivity contribution in [3.8, 4) is 0 Å². The van der Waals surface area contributed by atoms with Crippen molar-refractivity contribution in [1.82, 2.24) is 14.6 Å². The van der Waals surface area contributed by atoms with Crippen molar-refractivity contribution in [3.05, 3.63) is 53.5 Å². The van der Waals surface area contributed by atoms with Crippen molar-refractivity contribution in [3.63, 3.8) is 0 Å². The number of rotatable bonds is 3. The third-order valence-electron chi connectivity index (χ3n) is 4.94. The molecule has 0 spiro atoms. The predicted octanol–water partition coefficient (Wildman–Crippen LogP) is 4.20. The number of nitrogens with zero attached hydrogens (tertiary/aromatic N) is 3. The fraction of sp³-hybridized carbons (Fsp3) is 0.421. The molecule has 1 fully saturated rings. The zero-order chi connectivity index (χ0) is 15.8. The molecule has 120 valence electrons. The summed E-state index contributed by atoms with van der Waals surface area (Å²) < 4.78 is 7.49. The molecule has 4 rings (SSSR count). The average molecular weight is 309 g/mol. The molecule has 0 radical (unpaired) electrons. The van der Waals surface area contributed by atoms with Crippen LogP contribution in [0.3, 0.4) is 0 Å². The van der Waals surface area contributed by atoms with Crippen molar-refractivity contribution in [2.45, 2.75) is 38.8 Å². The molecule has 0 aliphatic carbocycles. The van der Waals surface area contributed by atoms with Gasteiger partial charge in [-0.3, -0.25) is 4.90 Å². The number of benzene rings is 1. The van der Waals surface area contributed by atoms with Crippen molar-refractivity contribution in [2.75, 3.05) is 6.54 Å². The summed E-state index contributed by atoms with van der Waals surface area (Å²) in [5, 5.41) is 5.57. The van der Waals surface area contributed by atoms with E-state index in [0.717, 1.165) is 24.5 Å². The van der Waals surface area contributed by atoms with Crippen LogP contribution in [0.4, 0.5) is 0 Å². The molecule has 0 amide bonds. The van der Waals surface area contributed by atoms with Crippen LogP contribution >= 0.6 is 0 Å². The first kappa shape index (κ1) is 14.5. The highest BCUT2D eigenvalue weighted by molar-refractivity contribution is 5.80. The van der Waals surface area contributed by atoms with E-state index in [4.69, 9.17) is 4.52 Å². The fourth-order valence-electron chi connectivity index (χ4n) is 3.70. The van der Waals surface area contributed by atoms with Crippen molar-refractivity contribution >= 4 is 10.9 Å². The molecular weight excluding hydrogens is 286 g/mol.